The maximum atomic E-state index is 13.6. The van der Waals surface area contributed by atoms with E-state index >= 15 is 0 Å². The minimum atomic E-state index is -1.42. The molecule has 0 spiro atoms. The average molecular weight is 525 g/mol. The van der Waals surface area contributed by atoms with Crippen LogP contribution in [0, 0.1) is 5.82 Å². The fraction of sp³-hybridized carbons (Fsp3) is 0.321. The summed E-state index contributed by atoms with van der Waals surface area (Å²) < 4.78 is 20.3. The lowest BCUT2D eigenvalue weighted by atomic mass is 9.98. The van der Waals surface area contributed by atoms with Crippen molar-refractivity contribution in [1.29, 1.82) is 0 Å². The number of aliphatic hydroxyl groups excluding tert-OH is 2. The van der Waals surface area contributed by atoms with E-state index in [2.05, 4.69) is 10.4 Å². The second-order valence-corrected chi connectivity index (χ2v) is 9.12. The van der Waals surface area contributed by atoms with E-state index in [0.29, 0.717) is 22.7 Å². The van der Waals surface area contributed by atoms with Gasteiger partial charge in [0.15, 0.2) is 5.69 Å². The van der Waals surface area contributed by atoms with Crippen LogP contribution in [0.5, 0.6) is 5.75 Å². The molecule has 0 saturated heterocycles. The maximum Gasteiger partial charge on any atom is 0.272 e. The molecule has 0 saturated carbocycles. The standard InChI is InChI=1S/C28H32FN3O6/c1-17(2)26-24(12-11-21(33)14-22(34)15-25(35)36)32(20-9-7-19(29)8-10-20)31-27(26)28(37)30-16-18-5-4-6-23(13-18)38-3/h4-13,17,21-22,33-34H,14-16H2,1-3H3,(H,30,37)(H,35,36)/p-1/b12-11+/t21-,22-/m1/s1. The van der Waals surface area contributed by atoms with Gasteiger partial charge in [-0.3, -0.25) is 4.79 Å². The monoisotopic (exact) mass is 524 g/mol. The summed E-state index contributed by atoms with van der Waals surface area (Å²) >= 11 is 0. The second-order valence-electron chi connectivity index (χ2n) is 9.12. The highest BCUT2D eigenvalue weighted by molar-refractivity contribution is 5.95. The summed E-state index contributed by atoms with van der Waals surface area (Å²) in [4.78, 5) is 24.0. The molecule has 0 fully saturated rings. The number of aliphatic hydroxyl groups is 2. The van der Waals surface area contributed by atoms with Crippen LogP contribution in [0.25, 0.3) is 11.8 Å². The van der Waals surface area contributed by atoms with Crippen molar-refractivity contribution in [2.75, 3.05) is 7.11 Å². The Bertz CT molecular complexity index is 1290. The van der Waals surface area contributed by atoms with Crippen molar-refractivity contribution in [2.24, 2.45) is 0 Å². The molecular weight excluding hydrogens is 493 g/mol. The van der Waals surface area contributed by atoms with Crippen LogP contribution in [0.15, 0.2) is 54.6 Å². The minimum Gasteiger partial charge on any atom is -0.550 e. The topological polar surface area (TPSA) is 137 Å². The number of rotatable bonds is 12. The van der Waals surface area contributed by atoms with Crippen molar-refractivity contribution in [2.45, 2.75) is 51.4 Å². The van der Waals surface area contributed by atoms with Gasteiger partial charge in [-0.05, 0) is 54.0 Å². The first-order chi connectivity index (χ1) is 18.1. The molecule has 3 N–H and O–H groups in total. The second kappa shape index (κ2) is 13.0. The number of benzene rings is 2. The molecule has 2 aromatic carbocycles. The molecule has 3 rings (SSSR count). The lowest BCUT2D eigenvalue weighted by Crippen LogP contribution is -2.29. The predicted molar refractivity (Wildman–Crippen MR) is 137 cm³/mol. The Morgan fingerprint density at radius 1 is 1.18 bits per heavy atom. The highest BCUT2D eigenvalue weighted by Gasteiger charge is 2.25. The van der Waals surface area contributed by atoms with Gasteiger partial charge in [0, 0.05) is 30.9 Å². The van der Waals surface area contributed by atoms with E-state index in [1.807, 2.05) is 32.0 Å². The third-order valence-electron chi connectivity index (χ3n) is 5.80. The first-order valence-corrected chi connectivity index (χ1v) is 12.1. The van der Waals surface area contributed by atoms with Crippen molar-refractivity contribution in [3.63, 3.8) is 0 Å². The van der Waals surface area contributed by atoms with Gasteiger partial charge in [-0.1, -0.05) is 32.1 Å². The van der Waals surface area contributed by atoms with E-state index in [1.165, 1.54) is 35.0 Å². The molecule has 38 heavy (non-hydrogen) atoms. The number of nitrogens with zero attached hydrogens (tertiary/aromatic N) is 2. The van der Waals surface area contributed by atoms with Crippen LogP contribution in [0.3, 0.4) is 0 Å². The highest BCUT2D eigenvalue weighted by atomic mass is 19.1. The fourth-order valence-corrected chi connectivity index (χ4v) is 4.00. The van der Waals surface area contributed by atoms with Gasteiger partial charge in [0.05, 0.1) is 30.7 Å². The van der Waals surface area contributed by atoms with Crippen molar-refractivity contribution < 1.29 is 34.0 Å². The van der Waals surface area contributed by atoms with E-state index in [1.54, 1.807) is 19.3 Å². The molecule has 3 aromatic rings. The molecule has 1 heterocycles. The zero-order valence-electron chi connectivity index (χ0n) is 21.4. The third kappa shape index (κ3) is 7.50. The van der Waals surface area contributed by atoms with E-state index in [0.717, 1.165) is 5.56 Å². The molecule has 202 valence electrons. The lowest BCUT2D eigenvalue weighted by Gasteiger charge is -2.14. The van der Waals surface area contributed by atoms with Crippen molar-refractivity contribution in [3.05, 3.63) is 82.9 Å². The summed E-state index contributed by atoms with van der Waals surface area (Å²) in [7, 11) is 1.56. The quantitative estimate of drug-likeness (QED) is 0.331. The molecule has 1 aromatic heterocycles. The lowest BCUT2D eigenvalue weighted by molar-refractivity contribution is -0.307. The third-order valence-corrected chi connectivity index (χ3v) is 5.80. The molecule has 9 nitrogen and oxygen atoms in total. The zero-order valence-corrected chi connectivity index (χ0v) is 21.4. The molecule has 1 amide bonds. The van der Waals surface area contributed by atoms with Crippen LogP contribution < -0.4 is 15.2 Å². The molecule has 0 aliphatic rings. The van der Waals surface area contributed by atoms with Crippen molar-refractivity contribution >= 4 is 18.0 Å². The Morgan fingerprint density at radius 2 is 1.89 bits per heavy atom. The number of hydrogen-bond acceptors (Lipinski definition) is 7. The van der Waals surface area contributed by atoms with Crippen LogP contribution in [-0.4, -0.2) is 51.2 Å². The Morgan fingerprint density at radius 3 is 2.53 bits per heavy atom. The van der Waals surface area contributed by atoms with Crippen LogP contribution in [0.2, 0.25) is 0 Å². The SMILES string of the molecule is COc1cccc(CNC(=O)c2nn(-c3ccc(F)cc3)c(/C=C/[C@@H](O)C[C@@H](O)CC(=O)[O-])c2C(C)C)c1. The van der Waals surface area contributed by atoms with Gasteiger partial charge in [0.25, 0.3) is 5.91 Å². The number of aliphatic carboxylic acids is 1. The van der Waals surface area contributed by atoms with Crippen LogP contribution >= 0.6 is 0 Å². The Labute approximate surface area is 220 Å². The Balaban J connectivity index is 1.96. The molecule has 0 bridgehead atoms. The van der Waals surface area contributed by atoms with Crippen LogP contribution in [-0.2, 0) is 11.3 Å². The van der Waals surface area contributed by atoms with E-state index in [4.69, 9.17) is 4.74 Å². The van der Waals surface area contributed by atoms with E-state index < -0.39 is 36.3 Å². The van der Waals surface area contributed by atoms with Crippen molar-refractivity contribution in [3.8, 4) is 11.4 Å². The first kappa shape index (κ1) is 28.5. The number of carbonyl (C=O) groups is 2. The predicted octanol–water partition coefficient (Wildman–Crippen LogP) is 2.34. The minimum absolute atomic E-state index is 0.165. The molecular formula is C28H31FN3O6-. The average Bonchev–Trinajstić information content (AvgIpc) is 3.26. The van der Waals surface area contributed by atoms with Gasteiger partial charge >= 0.3 is 0 Å². The molecule has 0 aliphatic carbocycles. The summed E-state index contributed by atoms with van der Waals surface area (Å²) in [5, 5.41) is 38.3. The van der Waals surface area contributed by atoms with Gasteiger partial charge < -0.3 is 30.2 Å². The molecule has 0 radical (unpaired) electrons. The van der Waals surface area contributed by atoms with E-state index in [-0.39, 0.29) is 24.6 Å². The van der Waals surface area contributed by atoms with Gasteiger partial charge in [-0.25, -0.2) is 9.07 Å². The van der Waals surface area contributed by atoms with Crippen LogP contribution in [0.1, 0.15) is 59.9 Å². The molecule has 0 unspecified atom stereocenters. The maximum absolute atomic E-state index is 13.6. The number of nitrogens with one attached hydrogen (secondary N) is 1. The Kier molecular flexibility index (Phi) is 9.75. The summed E-state index contributed by atoms with van der Waals surface area (Å²) in [5.41, 5.74) is 2.56. The summed E-state index contributed by atoms with van der Waals surface area (Å²) in [5.74, 6) is -1.78. The zero-order chi connectivity index (χ0) is 27.8. The van der Waals surface area contributed by atoms with Gasteiger partial charge in [0.1, 0.15) is 11.6 Å². The van der Waals surface area contributed by atoms with Gasteiger partial charge in [-0.15, -0.1) is 0 Å². The fourth-order valence-electron chi connectivity index (χ4n) is 4.00. The number of amides is 1. The number of hydrogen-bond donors (Lipinski definition) is 3. The van der Waals surface area contributed by atoms with Gasteiger partial charge in [-0.2, -0.15) is 5.10 Å². The summed E-state index contributed by atoms with van der Waals surface area (Å²) in [6.45, 7) is 4.02. The summed E-state index contributed by atoms with van der Waals surface area (Å²) in [6, 6.07) is 12.9. The number of carboxylic acids is 1. The Hall–Kier alpha value is -4.02. The highest BCUT2D eigenvalue weighted by Crippen LogP contribution is 2.28. The normalized spacial score (nSPS) is 13.0. The largest absolute Gasteiger partial charge is 0.550 e. The number of carboxylic acid groups (broad SMARTS) is 1. The smallest absolute Gasteiger partial charge is 0.272 e. The molecule has 0 aliphatic heterocycles. The first-order valence-electron chi connectivity index (χ1n) is 12.1. The number of methoxy groups -OCH3 is 1. The number of ether oxygens (including phenoxy) is 1. The number of aromatic nitrogens is 2. The van der Waals surface area contributed by atoms with E-state index in [9.17, 15) is 29.3 Å². The van der Waals surface area contributed by atoms with Crippen molar-refractivity contribution in [1.82, 2.24) is 15.1 Å². The molecule has 2 atom stereocenters. The van der Waals surface area contributed by atoms with Crippen LogP contribution in [0.4, 0.5) is 4.39 Å². The number of carbonyl (C=O) groups excluding carboxylic acids is 2. The number of halogens is 1. The van der Waals surface area contributed by atoms with Gasteiger partial charge in [0.2, 0.25) is 0 Å². The summed E-state index contributed by atoms with van der Waals surface area (Å²) in [6.07, 6.45) is -0.344. The molecule has 10 heteroatoms.